The summed E-state index contributed by atoms with van der Waals surface area (Å²) in [4.78, 5) is 0. The van der Waals surface area contributed by atoms with Gasteiger partial charge in [0, 0.05) is 10.0 Å². The van der Waals surface area contributed by atoms with Crippen LogP contribution in [0.2, 0.25) is 8.67 Å². The lowest BCUT2D eigenvalue weighted by Crippen LogP contribution is -2.00. The fourth-order valence-electron chi connectivity index (χ4n) is 1.43. The number of thiophene rings is 1. The number of hydrogen-bond acceptors (Lipinski definition) is 2. The summed E-state index contributed by atoms with van der Waals surface area (Å²) in [5.41, 5.74) is 1.07. The highest BCUT2D eigenvalue weighted by molar-refractivity contribution is 9.10. The van der Waals surface area contributed by atoms with Crippen LogP contribution in [0.15, 0.2) is 28.7 Å². The Bertz CT molecular complexity index is 558. The van der Waals surface area contributed by atoms with Crippen LogP contribution >= 0.6 is 50.5 Å². The molecule has 1 nitrogen and oxygen atoms in total. The van der Waals surface area contributed by atoms with Crippen molar-refractivity contribution in [3.63, 3.8) is 0 Å². The Morgan fingerprint density at radius 3 is 2.47 bits per heavy atom. The Labute approximate surface area is 120 Å². The molecule has 2 aromatic rings. The van der Waals surface area contributed by atoms with Crippen LogP contribution < -0.4 is 0 Å². The van der Waals surface area contributed by atoms with Crippen molar-refractivity contribution in [2.75, 3.05) is 0 Å². The van der Waals surface area contributed by atoms with Gasteiger partial charge in [0.1, 0.15) is 16.3 Å². The Balaban J connectivity index is 2.43. The van der Waals surface area contributed by atoms with Crippen LogP contribution in [0.1, 0.15) is 17.2 Å². The van der Waals surface area contributed by atoms with Gasteiger partial charge in [0.05, 0.1) is 4.34 Å². The number of aliphatic hydroxyl groups excluding tert-OH is 1. The zero-order chi connectivity index (χ0) is 12.6. The average molecular weight is 356 g/mol. The normalized spacial score (nSPS) is 12.8. The summed E-state index contributed by atoms with van der Waals surface area (Å²) < 4.78 is 14.4. The van der Waals surface area contributed by atoms with Crippen molar-refractivity contribution in [3.05, 3.63) is 54.4 Å². The van der Waals surface area contributed by atoms with Gasteiger partial charge in [-0.05, 0) is 23.8 Å². The third kappa shape index (κ3) is 2.83. The van der Waals surface area contributed by atoms with Gasteiger partial charge >= 0.3 is 0 Å². The van der Waals surface area contributed by atoms with E-state index in [1.807, 2.05) is 0 Å². The molecule has 0 aliphatic heterocycles. The lowest BCUT2D eigenvalue weighted by Gasteiger charge is -2.12. The van der Waals surface area contributed by atoms with Crippen LogP contribution in [-0.4, -0.2) is 5.11 Å². The molecule has 1 N–H and O–H groups in total. The van der Waals surface area contributed by atoms with Crippen molar-refractivity contribution in [1.82, 2.24) is 0 Å². The number of rotatable bonds is 2. The topological polar surface area (TPSA) is 20.2 Å². The number of hydrogen-bond donors (Lipinski definition) is 1. The molecule has 0 aliphatic rings. The van der Waals surface area contributed by atoms with Crippen LogP contribution in [0.3, 0.4) is 0 Å². The molecule has 0 bridgehead atoms. The molecule has 2 rings (SSSR count). The average Bonchev–Trinajstić information content (AvgIpc) is 2.57. The Hall–Kier alpha value is -0.130. The lowest BCUT2D eigenvalue weighted by molar-refractivity contribution is 0.220. The molecular weight excluding hydrogens is 350 g/mol. The fourth-order valence-corrected chi connectivity index (χ4v) is 3.52. The molecule has 1 aromatic heterocycles. The van der Waals surface area contributed by atoms with Crippen LogP contribution in [0.4, 0.5) is 4.39 Å². The lowest BCUT2D eigenvalue weighted by atomic mass is 10.0. The molecule has 6 heteroatoms. The molecular formula is C11H6BrCl2FOS. The van der Waals surface area contributed by atoms with Gasteiger partial charge in [0.2, 0.25) is 0 Å². The second kappa shape index (κ2) is 5.24. The van der Waals surface area contributed by atoms with Crippen molar-refractivity contribution < 1.29 is 9.50 Å². The standard InChI is InChI=1S/C11H6BrCl2FOS/c12-8-3-5(15)1-2-6(8)10(16)7-4-9(13)17-11(7)14/h1-4,10,16H. The maximum Gasteiger partial charge on any atom is 0.124 e. The summed E-state index contributed by atoms with van der Waals surface area (Å²) in [6, 6.07) is 5.69. The first-order valence-electron chi connectivity index (χ1n) is 4.57. The van der Waals surface area contributed by atoms with Gasteiger partial charge in [0.15, 0.2) is 0 Å². The second-order valence-electron chi connectivity index (χ2n) is 3.35. The summed E-state index contributed by atoms with van der Waals surface area (Å²) in [6.07, 6.45) is -0.929. The Morgan fingerprint density at radius 2 is 1.94 bits per heavy atom. The highest BCUT2D eigenvalue weighted by atomic mass is 79.9. The van der Waals surface area contributed by atoms with E-state index >= 15 is 0 Å². The van der Waals surface area contributed by atoms with Crippen LogP contribution in [0, 0.1) is 5.82 Å². The van der Waals surface area contributed by atoms with E-state index in [1.165, 1.54) is 29.5 Å². The minimum absolute atomic E-state index is 0.373. The summed E-state index contributed by atoms with van der Waals surface area (Å²) >= 11 is 16.2. The molecule has 1 aromatic carbocycles. The molecule has 0 saturated heterocycles. The minimum Gasteiger partial charge on any atom is -0.384 e. The van der Waals surface area contributed by atoms with E-state index in [2.05, 4.69) is 15.9 Å². The number of benzene rings is 1. The van der Waals surface area contributed by atoms with E-state index in [-0.39, 0.29) is 5.82 Å². The third-order valence-corrected chi connectivity index (χ3v) is 4.44. The zero-order valence-corrected chi connectivity index (χ0v) is 12.2. The zero-order valence-electron chi connectivity index (χ0n) is 8.25. The Morgan fingerprint density at radius 1 is 1.24 bits per heavy atom. The molecule has 1 unspecified atom stereocenters. The van der Waals surface area contributed by atoms with Gasteiger partial charge in [-0.25, -0.2) is 4.39 Å². The predicted molar refractivity (Wildman–Crippen MR) is 72.5 cm³/mol. The van der Waals surface area contributed by atoms with E-state index in [9.17, 15) is 9.50 Å². The van der Waals surface area contributed by atoms with Gasteiger partial charge in [0.25, 0.3) is 0 Å². The SMILES string of the molecule is OC(c1ccc(F)cc1Br)c1cc(Cl)sc1Cl. The van der Waals surface area contributed by atoms with E-state index in [1.54, 1.807) is 6.07 Å². The van der Waals surface area contributed by atoms with Crippen LogP contribution in [-0.2, 0) is 0 Å². The van der Waals surface area contributed by atoms with E-state index in [0.717, 1.165) is 0 Å². The highest BCUT2D eigenvalue weighted by Gasteiger charge is 2.19. The van der Waals surface area contributed by atoms with Gasteiger partial charge in [-0.15, -0.1) is 11.3 Å². The monoisotopic (exact) mass is 354 g/mol. The second-order valence-corrected chi connectivity index (χ2v) is 6.49. The first-order chi connectivity index (χ1) is 7.99. The molecule has 0 spiro atoms. The molecule has 0 fully saturated rings. The van der Waals surface area contributed by atoms with Crippen molar-refractivity contribution >= 4 is 50.5 Å². The van der Waals surface area contributed by atoms with Crippen molar-refractivity contribution in [2.24, 2.45) is 0 Å². The van der Waals surface area contributed by atoms with Gasteiger partial charge in [-0.2, -0.15) is 0 Å². The van der Waals surface area contributed by atoms with Gasteiger partial charge in [-0.3, -0.25) is 0 Å². The van der Waals surface area contributed by atoms with Gasteiger partial charge < -0.3 is 5.11 Å². The summed E-state index contributed by atoms with van der Waals surface area (Å²) in [5, 5.41) is 10.2. The molecule has 0 radical (unpaired) electrons. The Kier molecular flexibility index (Phi) is 4.10. The predicted octanol–water partition coefficient (Wildman–Crippen LogP) is 5.04. The number of halogens is 4. The highest BCUT2D eigenvalue weighted by Crippen LogP contribution is 2.39. The third-order valence-electron chi connectivity index (χ3n) is 2.23. The molecule has 17 heavy (non-hydrogen) atoms. The summed E-state index contributed by atoms with van der Waals surface area (Å²) in [6.45, 7) is 0. The molecule has 90 valence electrons. The maximum atomic E-state index is 12.9. The molecule has 0 aliphatic carbocycles. The van der Waals surface area contributed by atoms with Crippen molar-refractivity contribution in [2.45, 2.75) is 6.10 Å². The fraction of sp³-hybridized carbons (Fsp3) is 0.0909. The molecule has 0 amide bonds. The molecule has 1 heterocycles. The van der Waals surface area contributed by atoms with E-state index in [0.29, 0.717) is 24.3 Å². The smallest absolute Gasteiger partial charge is 0.124 e. The van der Waals surface area contributed by atoms with Crippen molar-refractivity contribution in [3.8, 4) is 0 Å². The first-order valence-corrected chi connectivity index (χ1v) is 6.93. The first kappa shape index (κ1) is 13.3. The van der Waals surface area contributed by atoms with E-state index in [4.69, 9.17) is 23.2 Å². The largest absolute Gasteiger partial charge is 0.384 e. The number of aliphatic hydroxyl groups is 1. The maximum absolute atomic E-state index is 12.9. The van der Waals surface area contributed by atoms with E-state index < -0.39 is 6.10 Å². The quantitative estimate of drug-likeness (QED) is 0.800. The van der Waals surface area contributed by atoms with Gasteiger partial charge in [-0.1, -0.05) is 45.2 Å². The molecule has 0 saturated carbocycles. The van der Waals surface area contributed by atoms with Crippen LogP contribution in [0.25, 0.3) is 0 Å². The summed E-state index contributed by atoms with van der Waals surface area (Å²) in [5.74, 6) is -0.373. The summed E-state index contributed by atoms with van der Waals surface area (Å²) in [7, 11) is 0. The molecule has 1 atom stereocenters. The van der Waals surface area contributed by atoms with Crippen molar-refractivity contribution in [1.29, 1.82) is 0 Å². The van der Waals surface area contributed by atoms with Crippen LogP contribution in [0.5, 0.6) is 0 Å². The minimum atomic E-state index is -0.929.